The summed E-state index contributed by atoms with van der Waals surface area (Å²) in [6.45, 7) is 5.00. The van der Waals surface area contributed by atoms with Gasteiger partial charge in [-0.25, -0.2) is 0 Å². The van der Waals surface area contributed by atoms with E-state index in [0.717, 1.165) is 13.0 Å². The van der Waals surface area contributed by atoms with Crippen molar-refractivity contribution in [3.8, 4) is 0 Å². The predicted octanol–water partition coefficient (Wildman–Crippen LogP) is 0.752. The van der Waals surface area contributed by atoms with Crippen molar-refractivity contribution in [3.05, 3.63) is 0 Å². The van der Waals surface area contributed by atoms with Gasteiger partial charge in [0.15, 0.2) is 0 Å². The molecule has 1 unspecified atom stereocenters. The molecule has 8 heavy (non-hydrogen) atoms. The van der Waals surface area contributed by atoms with Gasteiger partial charge < -0.3 is 0 Å². The molecule has 0 bridgehead atoms. The van der Waals surface area contributed by atoms with Crippen LogP contribution < -0.4 is 0 Å². The van der Waals surface area contributed by atoms with Gasteiger partial charge in [-0.1, -0.05) is 0 Å². The maximum absolute atomic E-state index is 4.98. The molecule has 1 radical (unpaired) electrons. The molecule has 0 saturated carbocycles. The van der Waals surface area contributed by atoms with Gasteiger partial charge in [-0.2, -0.15) is 0 Å². The van der Waals surface area contributed by atoms with E-state index in [9.17, 15) is 0 Å². The Morgan fingerprint density at radius 3 is 2.75 bits per heavy atom. The van der Waals surface area contributed by atoms with Gasteiger partial charge in [-0.15, -0.1) is 0 Å². The van der Waals surface area contributed by atoms with Crippen LogP contribution in [0.4, 0.5) is 0 Å². The molecule has 0 saturated heterocycles. The van der Waals surface area contributed by atoms with E-state index in [0.29, 0.717) is 5.92 Å². The summed E-state index contributed by atoms with van der Waals surface area (Å²) in [5.41, 5.74) is 0. The first-order valence-corrected chi connectivity index (χ1v) is 2.96. The van der Waals surface area contributed by atoms with Gasteiger partial charge in [-0.05, 0) is 0 Å². The zero-order valence-corrected chi connectivity index (χ0v) is 5.55. The molecule has 1 nitrogen and oxygen atoms in total. The van der Waals surface area contributed by atoms with Gasteiger partial charge in [0.2, 0.25) is 0 Å². The third-order valence-electron chi connectivity index (χ3n) is 1.17. The summed E-state index contributed by atoms with van der Waals surface area (Å²) in [4.78, 5) is 0. The molecule has 0 amide bonds. The second-order valence-electron chi connectivity index (χ2n) is 1.98. The maximum atomic E-state index is 4.98. The molecule has 43 valence electrons. The van der Waals surface area contributed by atoms with E-state index in [4.69, 9.17) is 12.0 Å². The molecule has 0 aliphatic heterocycles. The molecule has 0 heterocycles. The van der Waals surface area contributed by atoms with Crippen LogP contribution in [0.15, 0.2) is 0 Å². The Morgan fingerprint density at radius 2 is 2.38 bits per heavy atom. The summed E-state index contributed by atoms with van der Waals surface area (Å²) in [7, 11) is 6.23. The predicted molar refractivity (Wildman–Crippen MR) is 36.9 cm³/mol. The Kier molecular flexibility index (Phi) is 5.03. The average molecular weight is 109 g/mol. The third kappa shape index (κ3) is 4.10. The van der Waals surface area contributed by atoms with Crippen LogP contribution >= 0.6 is 0 Å². The van der Waals surface area contributed by atoms with Crippen LogP contribution in [0.25, 0.3) is 0 Å². The molecular weight excluding hydrogens is 97.7 g/mol. The van der Waals surface area contributed by atoms with E-state index in [1.165, 1.54) is 7.00 Å². The fraction of sp³-hybridized carbons (Fsp3) is 1.00. The normalized spacial score (nSPS) is 12.1. The van der Waals surface area contributed by atoms with E-state index in [2.05, 4.69) is 13.8 Å². The molecule has 0 aliphatic carbocycles. The zero-order valence-electron chi connectivity index (χ0n) is 5.55. The van der Waals surface area contributed by atoms with Crippen LogP contribution in [0, 0.1) is 5.92 Å². The Bertz CT molecular complexity index is 65.4. The first kappa shape index (κ1) is 7.93. The molecule has 0 aliphatic rings. The number of hydrogen-bond acceptors (Lipinski definition) is 1. The quantitative estimate of drug-likeness (QED) is 0.484. The van der Waals surface area contributed by atoms with E-state index < -0.39 is 0 Å². The van der Waals surface area contributed by atoms with Crippen molar-refractivity contribution >= 4 is 14.4 Å². The van der Waals surface area contributed by atoms with Crippen LogP contribution in [0.3, 0.4) is 0 Å². The van der Waals surface area contributed by atoms with Crippen molar-refractivity contribution in [3.63, 3.8) is 0 Å². The molecule has 0 N–H and O–H groups in total. The topological polar surface area (TPSA) is 9.23 Å². The van der Waals surface area contributed by atoms with Crippen molar-refractivity contribution in [2.24, 2.45) is 5.92 Å². The van der Waals surface area contributed by atoms with Crippen LogP contribution in [-0.4, -0.2) is 21.0 Å². The van der Waals surface area contributed by atoms with Crippen LogP contribution in [0.5, 0.6) is 0 Å². The molecule has 0 spiro atoms. The SMILES string of the molecule is [B]=BOCC(C)CC. The van der Waals surface area contributed by atoms with Gasteiger partial charge in [0.1, 0.15) is 0 Å². The standard InChI is InChI=1S/C5H11B2O/c1-3-5(2)4-8-7-6/h5H,3-4H2,1-2H3. The van der Waals surface area contributed by atoms with Crippen molar-refractivity contribution in [2.75, 3.05) is 6.61 Å². The minimum atomic E-state index is 0.620. The second kappa shape index (κ2) is 5.07. The van der Waals surface area contributed by atoms with E-state index >= 15 is 0 Å². The van der Waals surface area contributed by atoms with Gasteiger partial charge in [0.25, 0.3) is 0 Å². The molecule has 1 atom stereocenters. The summed E-state index contributed by atoms with van der Waals surface area (Å²) in [6, 6.07) is 0. The van der Waals surface area contributed by atoms with Crippen LogP contribution in [0.1, 0.15) is 20.3 Å². The molecule has 0 fully saturated rings. The molecule has 0 aromatic rings. The first-order valence-electron chi connectivity index (χ1n) is 2.96. The van der Waals surface area contributed by atoms with Gasteiger partial charge >= 0.3 is 51.8 Å². The Labute approximate surface area is 52.7 Å². The Balaban J connectivity index is 2.97. The molecule has 0 aromatic heterocycles. The Morgan fingerprint density at radius 1 is 1.75 bits per heavy atom. The van der Waals surface area contributed by atoms with Crippen molar-refractivity contribution in [1.82, 2.24) is 0 Å². The van der Waals surface area contributed by atoms with Crippen LogP contribution in [-0.2, 0) is 4.65 Å². The summed E-state index contributed by atoms with van der Waals surface area (Å²) in [6.07, 6.45) is 1.15. The molecule has 0 aromatic carbocycles. The minimum absolute atomic E-state index is 0.620. The van der Waals surface area contributed by atoms with Gasteiger partial charge in [0, 0.05) is 0 Å². The summed E-state index contributed by atoms with van der Waals surface area (Å²) < 4.78 is 4.84. The van der Waals surface area contributed by atoms with Crippen molar-refractivity contribution in [2.45, 2.75) is 20.3 Å². The van der Waals surface area contributed by atoms with E-state index in [1.807, 2.05) is 0 Å². The summed E-state index contributed by atoms with van der Waals surface area (Å²) in [5, 5.41) is 0. The first-order chi connectivity index (χ1) is 3.81. The van der Waals surface area contributed by atoms with E-state index in [1.54, 1.807) is 0 Å². The van der Waals surface area contributed by atoms with Crippen molar-refractivity contribution in [1.29, 1.82) is 0 Å². The third-order valence-corrected chi connectivity index (χ3v) is 1.17. The monoisotopic (exact) mass is 109 g/mol. The summed E-state index contributed by atoms with van der Waals surface area (Å²) in [5.74, 6) is 0.620. The second-order valence-corrected chi connectivity index (χ2v) is 1.98. The molecule has 3 heteroatoms. The average Bonchev–Trinajstić information content (AvgIpc) is 1.83. The molecular formula is C5H11B2O. The fourth-order valence-corrected chi connectivity index (χ4v) is 0.338. The number of rotatable bonds is 4. The number of hydrogen-bond donors (Lipinski definition) is 0. The Hall–Kier alpha value is -0.0701. The zero-order chi connectivity index (χ0) is 6.41. The fourth-order valence-electron chi connectivity index (χ4n) is 0.338. The summed E-state index contributed by atoms with van der Waals surface area (Å²) >= 11 is 0. The van der Waals surface area contributed by atoms with Crippen molar-refractivity contribution < 1.29 is 4.65 Å². The van der Waals surface area contributed by atoms with Gasteiger partial charge in [0.05, 0.1) is 0 Å². The van der Waals surface area contributed by atoms with E-state index in [-0.39, 0.29) is 0 Å². The van der Waals surface area contributed by atoms with Gasteiger partial charge in [-0.3, -0.25) is 0 Å². The molecule has 0 rings (SSSR count). The van der Waals surface area contributed by atoms with Crippen LogP contribution in [0.2, 0.25) is 0 Å².